The van der Waals surface area contributed by atoms with Crippen LogP contribution in [0.15, 0.2) is 41.5 Å². The number of carbonyl (C=O) groups is 2. The van der Waals surface area contributed by atoms with Crippen LogP contribution in [-0.2, 0) is 9.59 Å². The van der Waals surface area contributed by atoms with Crippen LogP contribution in [0.25, 0.3) is 0 Å². The molecule has 0 spiro atoms. The van der Waals surface area contributed by atoms with E-state index in [4.69, 9.17) is 32.7 Å². The Morgan fingerprint density at radius 2 is 1.84 bits per heavy atom. The average molecular weight is 380 g/mol. The van der Waals surface area contributed by atoms with Crippen molar-refractivity contribution in [2.75, 3.05) is 12.1 Å². The van der Waals surface area contributed by atoms with Crippen molar-refractivity contribution < 1.29 is 19.1 Å². The van der Waals surface area contributed by atoms with Crippen LogP contribution in [-0.4, -0.2) is 24.8 Å². The summed E-state index contributed by atoms with van der Waals surface area (Å²) < 4.78 is 10.4. The molecule has 2 amide bonds. The zero-order valence-corrected chi connectivity index (χ0v) is 14.1. The minimum atomic E-state index is -0.931. The molecule has 1 aliphatic rings. The third kappa shape index (κ3) is 4.20. The van der Waals surface area contributed by atoms with E-state index in [1.54, 1.807) is 36.4 Å². The van der Waals surface area contributed by atoms with Crippen molar-refractivity contribution in [2.45, 2.75) is 0 Å². The average Bonchev–Trinajstić information content (AvgIpc) is 3.04. The number of anilines is 1. The topological polar surface area (TPSA) is 89.0 Å². The smallest absolute Gasteiger partial charge is 0.329 e. The first-order chi connectivity index (χ1) is 12.0. The van der Waals surface area contributed by atoms with Crippen LogP contribution in [0.4, 0.5) is 5.69 Å². The van der Waals surface area contributed by atoms with Gasteiger partial charge in [0, 0.05) is 22.3 Å². The number of hydrazone groups is 1. The van der Waals surface area contributed by atoms with Gasteiger partial charge in [-0.1, -0.05) is 29.3 Å². The normalized spacial score (nSPS) is 12.2. The zero-order chi connectivity index (χ0) is 17.8. The minimum Gasteiger partial charge on any atom is -0.454 e. The first kappa shape index (κ1) is 17.1. The van der Waals surface area contributed by atoms with Crippen LogP contribution in [0.1, 0.15) is 5.56 Å². The van der Waals surface area contributed by atoms with Gasteiger partial charge in [0.25, 0.3) is 0 Å². The van der Waals surface area contributed by atoms with Gasteiger partial charge in [0.1, 0.15) is 0 Å². The van der Waals surface area contributed by atoms with E-state index in [2.05, 4.69) is 15.8 Å². The molecule has 0 saturated carbocycles. The highest BCUT2D eigenvalue weighted by atomic mass is 35.5. The molecule has 0 bridgehead atoms. The summed E-state index contributed by atoms with van der Waals surface area (Å²) in [5, 5.41) is 6.98. The molecule has 0 fully saturated rings. The highest BCUT2D eigenvalue weighted by Gasteiger charge is 2.17. The first-order valence-electron chi connectivity index (χ1n) is 7.02. The fourth-order valence-electron chi connectivity index (χ4n) is 1.98. The second kappa shape index (κ2) is 7.42. The fourth-order valence-corrected chi connectivity index (χ4v) is 2.44. The Hall–Kier alpha value is -2.77. The molecule has 1 aliphatic heterocycles. The summed E-state index contributed by atoms with van der Waals surface area (Å²) in [7, 11) is 0. The van der Waals surface area contributed by atoms with Gasteiger partial charge in [-0.15, -0.1) is 0 Å². The molecule has 128 valence electrons. The molecule has 7 nitrogen and oxygen atoms in total. The molecule has 9 heteroatoms. The zero-order valence-electron chi connectivity index (χ0n) is 12.6. The Balaban J connectivity index is 1.57. The lowest BCUT2D eigenvalue weighted by atomic mass is 10.2. The fraction of sp³-hybridized carbons (Fsp3) is 0.0625. The molecular weight excluding hydrogens is 369 g/mol. The van der Waals surface area contributed by atoms with Gasteiger partial charge in [0.2, 0.25) is 6.79 Å². The SMILES string of the molecule is O=C(N/N=C/c1ccc(Cl)cc1Cl)C(=O)Nc1ccc2c(c1)OCO2. The Morgan fingerprint density at radius 1 is 1.04 bits per heavy atom. The maximum Gasteiger partial charge on any atom is 0.329 e. The standard InChI is InChI=1S/C16H11Cl2N3O4/c17-10-2-1-9(12(18)5-10)7-19-21-16(23)15(22)20-11-3-4-13-14(6-11)25-8-24-13/h1-7H,8H2,(H,20,22)(H,21,23)/b19-7+. The number of hydrogen-bond donors (Lipinski definition) is 2. The van der Waals surface area contributed by atoms with Crippen LogP contribution in [0.3, 0.4) is 0 Å². The van der Waals surface area contributed by atoms with Crippen LogP contribution < -0.4 is 20.2 Å². The highest BCUT2D eigenvalue weighted by Crippen LogP contribution is 2.34. The minimum absolute atomic E-state index is 0.120. The van der Waals surface area contributed by atoms with Crippen LogP contribution in [0.5, 0.6) is 11.5 Å². The molecule has 0 unspecified atom stereocenters. The Kier molecular flexibility index (Phi) is 5.06. The van der Waals surface area contributed by atoms with Crippen LogP contribution >= 0.6 is 23.2 Å². The van der Waals surface area contributed by atoms with Gasteiger partial charge < -0.3 is 14.8 Å². The van der Waals surface area contributed by atoms with Crippen LogP contribution in [0.2, 0.25) is 10.0 Å². The van der Waals surface area contributed by atoms with E-state index in [0.29, 0.717) is 32.8 Å². The third-order valence-corrected chi connectivity index (χ3v) is 3.73. The van der Waals surface area contributed by atoms with E-state index in [1.165, 1.54) is 6.21 Å². The predicted molar refractivity (Wildman–Crippen MR) is 93.4 cm³/mol. The second-order valence-corrected chi connectivity index (χ2v) is 5.73. The van der Waals surface area contributed by atoms with Gasteiger partial charge >= 0.3 is 11.8 Å². The van der Waals surface area contributed by atoms with Gasteiger partial charge in [0.05, 0.1) is 11.2 Å². The number of ether oxygens (including phenoxy) is 2. The third-order valence-electron chi connectivity index (χ3n) is 3.17. The maximum absolute atomic E-state index is 11.9. The molecular formula is C16H11Cl2N3O4. The number of nitrogens with zero attached hydrogens (tertiary/aromatic N) is 1. The van der Waals surface area contributed by atoms with Crippen molar-refractivity contribution in [3.8, 4) is 11.5 Å². The molecule has 2 aromatic rings. The number of carbonyl (C=O) groups excluding carboxylic acids is 2. The Labute approximate surface area is 152 Å². The van der Waals surface area contributed by atoms with Gasteiger partial charge in [-0.05, 0) is 24.3 Å². The molecule has 1 heterocycles. The molecule has 2 aromatic carbocycles. The highest BCUT2D eigenvalue weighted by molar-refractivity contribution is 6.39. The monoisotopic (exact) mass is 379 g/mol. The van der Waals surface area contributed by atoms with Crippen molar-refractivity contribution in [3.05, 3.63) is 52.0 Å². The molecule has 25 heavy (non-hydrogen) atoms. The molecule has 0 radical (unpaired) electrons. The number of nitrogens with one attached hydrogen (secondary N) is 2. The lowest BCUT2D eigenvalue weighted by molar-refractivity contribution is -0.136. The number of fused-ring (bicyclic) bond motifs is 1. The first-order valence-corrected chi connectivity index (χ1v) is 7.77. The number of amides is 2. The van der Waals surface area contributed by atoms with Crippen molar-refractivity contribution >= 4 is 46.9 Å². The summed E-state index contributed by atoms with van der Waals surface area (Å²) in [6.07, 6.45) is 1.31. The van der Waals surface area contributed by atoms with E-state index in [1.807, 2.05) is 0 Å². The van der Waals surface area contributed by atoms with Crippen LogP contribution in [0, 0.1) is 0 Å². The van der Waals surface area contributed by atoms with Gasteiger partial charge in [0.15, 0.2) is 11.5 Å². The summed E-state index contributed by atoms with van der Waals surface area (Å²) in [5.41, 5.74) is 3.06. The number of benzene rings is 2. The quantitative estimate of drug-likeness (QED) is 0.487. The molecule has 2 N–H and O–H groups in total. The lowest BCUT2D eigenvalue weighted by Crippen LogP contribution is -2.32. The summed E-state index contributed by atoms with van der Waals surface area (Å²) >= 11 is 11.8. The summed E-state index contributed by atoms with van der Waals surface area (Å²) in [6.45, 7) is 0.120. The molecule has 3 rings (SSSR count). The molecule has 0 aromatic heterocycles. The van der Waals surface area contributed by atoms with Crippen molar-refractivity contribution in [3.63, 3.8) is 0 Å². The van der Waals surface area contributed by atoms with E-state index in [9.17, 15) is 9.59 Å². The summed E-state index contributed by atoms with van der Waals surface area (Å²) in [5.74, 6) is -0.738. The van der Waals surface area contributed by atoms with Gasteiger partial charge in [-0.2, -0.15) is 5.10 Å². The van der Waals surface area contributed by atoms with E-state index in [0.717, 1.165) is 0 Å². The number of rotatable bonds is 3. The number of halogens is 2. The van der Waals surface area contributed by atoms with Crippen molar-refractivity contribution in [2.24, 2.45) is 5.10 Å². The Morgan fingerprint density at radius 3 is 2.64 bits per heavy atom. The van der Waals surface area contributed by atoms with E-state index >= 15 is 0 Å². The van der Waals surface area contributed by atoms with Crippen molar-refractivity contribution in [1.29, 1.82) is 0 Å². The largest absolute Gasteiger partial charge is 0.454 e. The molecule has 0 saturated heterocycles. The van der Waals surface area contributed by atoms with E-state index in [-0.39, 0.29) is 6.79 Å². The maximum atomic E-state index is 11.9. The molecule has 0 aliphatic carbocycles. The van der Waals surface area contributed by atoms with Crippen molar-refractivity contribution in [1.82, 2.24) is 5.43 Å². The van der Waals surface area contributed by atoms with Gasteiger partial charge in [-0.25, -0.2) is 5.43 Å². The predicted octanol–water partition coefficient (Wildman–Crippen LogP) is 2.81. The summed E-state index contributed by atoms with van der Waals surface area (Å²) in [6, 6.07) is 9.59. The second-order valence-electron chi connectivity index (χ2n) is 4.89. The lowest BCUT2D eigenvalue weighted by Gasteiger charge is -2.05. The number of hydrogen-bond acceptors (Lipinski definition) is 5. The van der Waals surface area contributed by atoms with Gasteiger partial charge in [-0.3, -0.25) is 9.59 Å². The summed E-state index contributed by atoms with van der Waals surface area (Å²) in [4.78, 5) is 23.6. The molecule has 0 atom stereocenters. The Bertz CT molecular complexity index is 870. The van der Waals surface area contributed by atoms with E-state index < -0.39 is 11.8 Å².